The maximum atomic E-state index is 13.5. The highest BCUT2D eigenvalue weighted by molar-refractivity contribution is 6.30. The van der Waals surface area contributed by atoms with E-state index in [2.05, 4.69) is 5.32 Å². The second kappa shape index (κ2) is 8.08. The molecule has 0 radical (unpaired) electrons. The van der Waals surface area contributed by atoms with Crippen molar-refractivity contribution in [2.24, 2.45) is 0 Å². The summed E-state index contributed by atoms with van der Waals surface area (Å²) in [4.78, 5) is 38.4. The third-order valence-electron chi connectivity index (χ3n) is 5.03. The number of fused-ring (bicyclic) bond motifs is 1. The van der Waals surface area contributed by atoms with Crippen LogP contribution in [0.15, 0.2) is 48.5 Å². The lowest BCUT2D eigenvalue weighted by Gasteiger charge is -2.35. The van der Waals surface area contributed by atoms with Gasteiger partial charge in [-0.3, -0.25) is 14.9 Å². The first-order valence-electron chi connectivity index (χ1n) is 9.01. The molecule has 0 aromatic heterocycles. The van der Waals surface area contributed by atoms with Crippen molar-refractivity contribution < 1.29 is 19.2 Å². The fourth-order valence-corrected chi connectivity index (χ4v) is 3.92. The molecule has 1 aliphatic rings. The number of para-hydroxylation sites is 1. The van der Waals surface area contributed by atoms with Crippen LogP contribution in [0.3, 0.4) is 0 Å². The number of carbonyl (C=O) groups excluding carboxylic acids is 2. The summed E-state index contributed by atoms with van der Waals surface area (Å²) in [5, 5.41) is 14.7. The van der Waals surface area contributed by atoms with Gasteiger partial charge in [-0.15, -0.1) is 0 Å². The number of nitrogens with zero attached hydrogens (tertiary/aromatic N) is 2. The van der Waals surface area contributed by atoms with E-state index < -0.39 is 34.9 Å². The van der Waals surface area contributed by atoms with Gasteiger partial charge in [-0.1, -0.05) is 41.9 Å². The van der Waals surface area contributed by atoms with Crippen LogP contribution in [-0.2, 0) is 15.1 Å². The van der Waals surface area contributed by atoms with Gasteiger partial charge in [0, 0.05) is 28.2 Å². The first kappa shape index (κ1) is 20.6. The van der Waals surface area contributed by atoms with Crippen LogP contribution in [0.1, 0.15) is 24.0 Å². The van der Waals surface area contributed by atoms with Crippen LogP contribution in [0.2, 0.25) is 5.02 Å². The van der Waals surface area contributed by atoms with Crippen molar-refractivity contribution in [2.45, 2.75) is 18.4 Å². The molecule has 2 unspecified atom stereocenters. The summed E-state index contributed by atoms with van der Waals surface area (Å²) in [5.74, 6) is -1.47. The molecule has 0 spiro atoms. The predicted octanol–water partition coefficient (Wildman–Crippen LogP) is 3.32. The predicted molar refractivity (Wildman–Crippen MR) is 108 cm³/mol. The van der Waals surface area contributed by atoms with E-state index in [1.54, 1.807) is 62.5 Å². The zero-order chi connectivity index (χ0) is 21.2. The van der Waals surface area contributed by atoms with Gasteiger partial charge in [-0.2, -0.15) is 0 Å². The lowest BCUT2D eigenvalue weighted by Crippen LogP contribution is -2.57. The summed E-state index contributed by atoms with van der Waals surface area (Å²) >= 11 is 5.98. The van der Waals surface area contributed by atoms with Crippen molar-refractivity contribution in [3.8, 4) is 0 Å². The SMILES string of the molecule is CCOC(=O)NC1(C(C[N+](=O)[O-])c2ccc(Cl)cc2)C(=O)N(C)c2ccccc21. The van der Waals surface area contributed by atoms with Crippen molar-refractivity contribution in [3.63, 3.8) is 0 Å². The van der Waals surface area contributed by atoms with Crippen molar-refractivity contribution in [1.82, 2.24) is 5.32 Å². The summed E-state index contributed by atoms with van der Waals surface area (Å²) < 4.78 is 5.03. The number of amides is 2. The van der Waals surface area contributed by atoms with Crippen molar-refractivity contribution in [2.75, 3.05) is 25.1 Å². The molecule has 29 heavy (non-hydrogen) atoms. The second-order valence-electron chi connectivity index (χ2n) is 6.65. The minimum atomic E-state index is -1.70. The van der Waals surface area contributed by atoms with Gasteiger partial charge in [0.05, 0.1) is 12.5 Å². The number of anilines is 1. The molecule has 2 atom stereocenters. The number of benzene rings is 2. The van der Waals surface area contributed by atoms with E-state index in [-0.39, 0.29) is 6.61 Å². The summed E-state index contributed by atoms with van der Waals surface area (Å²) in [6.45, 7) is 1.15. The number of rotatable bonds is 6. The highest BCUT2D eigenvalue weighted by Gasteiger charge is 2.58. The molecule has 9 heteroatoms. The van der Waals surface area contributed by atoms with Crippen molar-refractivity contribution in [1.29, 1.82) is 0 Å². The number of alkyl carbamates (subject to hydrolysis) is 1. The number of carbonyl (C=O) groups is 2. The maximum Gasteiger partial charge on any atom is 0.408 e. The Labute approximate surface area is 172 Å². The number of nitrogens with one attached hydrogen (secondary N) is 1. The quantitative estimate of drug-likeness (QED) is 0.573. The van der Waals surface area contributed by atoms with Crippen LogP contribution in [0.25, 0.3) is 0 Å². The zero-order valence-electron chi connectivity index (χ0n) is 15.9. The number of hydrogen-bond acceptors (Lipinski definition) is 5. The largest absolute Gasteiger partial charge is 0.450 e. The molecular formula is C20H20ClN3O5. The molecule has 0 fully saturated rings. The molecule has 2 amide bonds. The Morgan fingerprint density at radius 2 is 1.93 bits per heavy atom. The number of likely N-dealkylation sites (N-methyl/N-ethyl adjacent to an activating group) is 1. The Bertz CT molecular complexity index is 949. The Kier molecular flexibility index (Phi) is 5.74. The summed E-state index contributed by atoms with van der Waals surface area (Å²) in [5.41, 5.74) is -0.154. The Morgan fingerprint density at radius 1 is 1.28 bits per heavy atom. The molecule has 0 saturated carbocycles. The molecule has 0 saturated heterocycles. The Hall–Kier alpha value is -3.13. The number of nitro groups is 1. The molecule has 0 bridgehead atoms. The fraction of sp³-hybridized carbons (Fsp3) is 0.300. The highest BCUT2D eigenvalue weighted by Crippen LogP contribution is 2.48. The second-order valence-corrected chi connectivity index (χ2v) is 7.09. The minimum Gasteiger partial charge on any atom is -0.450 e. The molecule has 152 valence electrons. The fourth-order valence-electron chi connectivity index (χ4n) is 3.80. The standard InChI is InChI=1S/C20H20ClN3O5/c1-3-29-19(26)22-20(15-6-4-5-7-17(15)23(2)18(20)25)16(12-24(27)28)13-8-10-14(21)11-9-13/h4-11,16H,3,12H2,1-2H3,(H,22,26). The summed E-state index contributed by atoms with van der Waals surface area (Å²) in [7, 11) is 1.57. The van der Waals surface area contributed by atoms with E-state index in [1.807, 2.05) is 0 Å². The van der Waals surface area contributed by atoms with Gasteiger partial charge in [0.2, 0.25) is 6.54 Å². The first-order chi connectivity index (χ1) is 13.8. The number of hydrogen-bond donors (Lipinski definition) is 1. The number of halogens is 1. The van der Waals surface area contributed by atoms with E-state index in [1.165, 1.54) is 4.90 Å². The lowest BCUT2D eigenvalue weighted by molar-refractivity contribution is -0.485. The van der Waals surface area contributed by atoms with Crippen LogP contribution in [0.4, 0.5) is 10.5 Å². The Morgan fingerprint density at radius 3 is 2.55 bits per heavy atom. The lowest BCUT2D eigenvalue weighted by atomic mass is 9.75. The van der Waals surface area contributed by atoms with Gasteiger partial charge in [0.1, 0.15) is 0 Å². The molecule has 1 heterocycles. The van der Waals surface area contributed by atoms with Crippen molar-refractivity contribution >= 4 is 29.3 Å². The molecule has 0 aliphatic carbocycles. The van der Waals surface area contributed by atoms with E-state index in [0.717, 1.165) is 0 Å². The van der Waals surface area contributed by atoms with E-state index in [0.29, 0.717) is 21.8 Å². The van der Waals surface area contributed by atoms with Gasteiger partial charge in [-0.25, -0.2) is 4.79 Å². The maximum absolute atomic E-state index is 13.5. The van der Waals surface area contributed by atoms with E-state index in [9.17, 15) is 19.7 Å². The monoisotopic (exact) mass is 417 g/mol. The van der Waals surface area contributed by atoms with Crippen LogP contribution in [0.5, 0.6) is 0 Å². The van der Waals surface area contributed by atoms with Crippen LogP contribution in [-0.4, -0.2) is 37.1 Å². The normalized spacial score (nSPS) is 18.9. The number of ether oxygens (including phenoxy) is 1. The van der Waals surface area contributed by atoms with Crippen LogP contribution < -0.4 is 10.2 Å². The van der Waals surface area contributed by atoms with Crippen molar-refractivity contribution in [3.05, 3.63) is 74.8 Å². The summed E-state index contributed by atoms with van der Waals surface area (Å²) in [6, 6.07) is 13.3. The zero-order valence-corrected chi connectivity index (χ0v) is 16.7. The molecule has 2 aromatic carbocycles. The van der Waals surface area contributed by atoms with Gasteiger partial charge in [-0.05, 0) is 30.7 Å². The highest BCUT2D eigenvalue weighted by atomic mass is 35.5. The van der Waals surface area contributed by atoms with Gasteiger partial charge in [0.15, 0.2) is 5.54 Å². The van der Waals surface area contributed by atoms with Gasteiger partial charge in [0.25, 0.3) is 5.91 Å². The molecule has 2 aromatic rings. The average molecular weight is 418 g/mol. The third kappa shape index (κ3) is 3.63. The molecular weight excluding hydrogens is 398 g/mol. The molecule has 3 rings (SSSR count). The van der Waals surface area contributed by atoms with Gasteiger partial charge < -0.3 is 15.0 Å². The van der Waals surface area contributed by atoms with Crippen LogP contribution in [0, 0.1) is 10.1 Å². The third-order valence-corrected chi connectivity index (χ3v) is 5.29. The minimum absolute atomic E-state index is 0.0917. The smallest absolute Gasteiger partial charge is 0.408 e. The summed E-state index contributed by atoms with van der Waals surface area (Å²) in [6.07, 6.45) is -0.826. The molecule has 1 aliphatic heterocycles. The van der Waals surface area contributed by atoms with E-state index >= 15 is 0 Å². The first-order valence-corrected chi connectivity index (χ1v) is 9.39. The topological polar surface area (TPSA) is 102 Å². The molecule has 1 N–H and O–H groups in total. The molecule has 8 nitrogen and oxygen atoms in total. The van der Waals surface area contributed by atoms with Gasteiger partial charge >= 0.3 is 6.09 Å². The van der Waals surface area contributed by atoms with Crippen LogP contribution >= 0.6 is 11.6 Å². The Balaban J connectivity index is 2.25. The van der Waals surface area contributed by atoms with E-state index in [4.69, 9.17) is 16.3 Å². The average Bonchev–Trinajstić information content (AvgIpc) is 2.90.